The molecule has 3 aromatic carbocycles. The van der Waals surface area contributed by atoms with Crippen molar-refractivity contribution >= 4 is 40.4 Å². The van der Waals surface area contributed by atoms with Crippen LogP contribution in [0.5, 0.6) is 0 Å². The van der Waals surface area contributed by atoms with Crippen molar-refractivity contribution in [2.75, 3.05) is 12.4 Å². The lowest BCUT2D eigenvalue weighted by Gasteiger charge is -2.40. The summed E-state index contributed by atoms with van der Waals surface area (Å²) in [6.07, 6.45) is 11.2. The highest BCUT2D eigenvalue weighted by Gasteiger charge is 2.45. The number of para-hydroxylation sites is 1. The molecule has 1 aromatic heterocycles. The molecule has 3 amide bonds. The minimum atomic E-state index is -0.958. The van der Waals surface area contributed by atoms with Crippen LogP contribution >= 0.6 is 0 Å². The Morgan fingerprint density at radius 1 is 0.907 bits per heavy atom. The Hall–Kier alpha value is -4.72. The van der Waals surface area contributed by atoms with Gasteiger partial charge in [0.1, 0.15) is 5.54 Å². The number of likely N-dealkylation sites (N-methyl/N-ethyl adjacent to an activating group) is 1. The van der Waals surface area contributed by atoms with E-state index in [2.05, 4.69) is 32.8 Å². The number of hydrogen-bond donors (Lipinski definition) is 3. The van der Waals surface area contributed by atoms with Crippen molar-refractivity contribution in [2.24, 2.45) is 0 Å². The smallest absolute Gasteiger partial charge is 0.252 e. The number of carbonyl (C=O) groups is 3. The molecular formula is C35H37N5O3. The Morgan fingerprint density at radius 2 is 1.65 bits per heavy atom. The average Bonchev–Trinajstić information content (AvgIpc) is 3.42. The number of nitrogens with zero attached hydrogens (tertiary/aromatic N) is 2. The summed E-state index contributed by atoms with van der Waals surface area (Å²) in [5.74, 6) is -0.260. The Balaban J connectivity index is 1.21. The molecule has 2 saturated carbocycles. The highest BCUT2D eigenvalue weighted by molar-refractivity contribution is 6.05. The number of amides is 3. The molecule has 220 valence electrons. The molecule has 2 fully saturated rings. The van der Waals surface area contributed by atoms with Crippen molar-refractivity contribution < 1.29 is 14.4 Å². The number of nitrogens with one attached hydrogen (secondary N) is 3. The summed E-state index contributed by atoms with van der Waals surface area (Å²) in [7, 11) is 1.58. The van der Waals surface area contributed by atoms with Crippen molar-refractivity contribution in [1.29, 1.82) is 0 Å². The van der Waals surface area contributed by atoms with Gasteiger partial charge in [-0.05, 0) is 80.1 Å². The van der Waals surface area contributed by atoms with Crippen molar-refractivity contribution in [1.82, 2.24) is 20.4 Å². The number of carbonyl (C=O) groups excluding carboxylic acids is 3. The molecule has 0 aliphatic heterocycles. The zero-order valence-electron chi connectivity index (χ0n) is 24.4. The van der Waals surface area contributed by atoms with E-state index >= 15 is 0 Å². The summed E-state index contributed by atoms with van der Waals surface area (Å²) >= 11 is 0. The maximum absolute atomic E-state index is 13.5. The lowest BCUT2D eigenvalue weighted by molar-refractivity contribution is -0.125. The number of aromatic nitrogens is 2. The first-order valence-corrected chi connectivity index (χ1v) is 15.2. The molecule has 8 heteroatoms. The second kappa shape index (κ2) is 12.3. The summed E-state index contributed by atoms with van der Waals surface area (Å²) in [6, 6.07) is 23.1. The third kappa shape index (κ3) is 5.95. The molecule has 0 atom stereocenters. The first-order chi connectivity index (χ1) is 21.0. The van der Waals surface area contributed by atoms with Crippen LogP contribution in [0.3, 0.4) is 0 Å². The molecule has 8 nitrogen and oxygen atoms in total. The number of fused-ring (bicyclic) bond motifs is 1. The monoisotopic (exact) mass is 575 g/mol. The Bertz CT molecular complexity index is 1660. The van der Waals surface area contributed by atoms with E-state index in [1.54, 1.807) is 25.3 Å². The summed E-state index contributed by atoms with van der Waals surface area (Å²) in [6.45, 7) is 0. The third-order valence-corrected chi connectivity index (χ3v) is 8.80. The molecular weight excluding hydrogens is 538 g/mol. The predicted octanol–water partition coefficient (Wildman–Crippen LogP) is 6.12. The molecule has 6 rings (SSSR count). The fourth-order valence-corrected chi connectivity index (χ4v) is 6.19. The minimum Gasteiger partial charge on any atom is -0.356 e. The van der Waals surface area contributed by atoms with E-state index in [-0.39, 0.29) is 17.7 Å². The van der Waals surface area contributed by atoms with Gasteiger partial charge in [0.2, 0.25) is 11.8 Å². The molecule has 3 N–H and O–H groups in total. The van der Waals surface area contributed by atoms with Crippen molar-refractivity contribution in [3.8, 4) is 5.69 Å². The number of hydrogen-bond acceptors (Lipinski definition) is 4. The maximum Gasteiger partial charge on any atom is 0.252 e. The van der Waals surface area contributed by atoms with Crippen LogP contribution in [-0.2, 0) is 9.59 Å². The molecule has 4 aromatic rings. The summed E-state index contributed by atoms with van der Waals surface area (Å²) in [5.41, 5.74) is 4.03. The summed E-state index contributed by atoms with van der Waals surface area (Å²) < 4.78 is 2.06. The quantitative estimate of drug-likeness (QED) is 0.220. The molecule has 0 radical (unpaired) electrons. The number of rotatable bonds is 8. The average molecular weight is 576 g/mol. The highest BCUT2D eigenvalue weighted by atomic mass is 16.2. The van der Waals surface area contributed by atoms with Crippen molar-refractivity contribution in [3.63, 3.8) is 0 Å². The van der Waals surface area contributed by atoms with E-state index in [4.69, 9.17) is 5.10 Å². The standard InChI is InChI=1S/C35H37N5O3/c1-36-31(41)20-15-24-13-17-27(18-14-24)37-34(43)35(21-8-22-35)38-33(42)26-16-19-29-30(23-26)39-40(28-11-6-3-7-12-28)32(29)25-9-4-2-5-10-25/h3,6-7,11-20,23,25H,2,4-5,8-10,21-22H2,1H3,(H,36,41)(H,37,43)(H,38,42). The SMILES string of the molecule is CNC(=O)C=Cc1ccc(NC(=O)C2(NC(=O)c3ccc4c(C5CCCCC5)n(-c5ccccc5)nc4c3)CCC2)cc1. The largest absolute Gasteiger partial charge is 0.356 e. The predicted molar refractivity (Wildman–Crippen MR) is 169 cm³/mol. The van der Waals surface area contributed by atoms with Crippen LogP contribution < -0.4 is 16.0 Å². The van der Waals surface area contributed by atoms with Gasteiger partial charge in [-0.15, -0.1) is 0 Å². The molecule has 2 aliphatic rings. The van der Waals surface area contributed by atoms with E-state index in [0.717, 1.165) is 41.4 Å². The second-order valence-corrected chi connectivity index (χ2v) is 11.6. The lowest BCUT2D eigenvalue weighted by Crippen LogP contribution is -2.61. The van der Waals surface area contributed by atoms with Gasteiger partial charge >= 0.3 is 0 Å². The van der Waals surface area contributed by atoms with E-state index in [0.29, 0.717) is 30.0 Å². The first-order valence-electron chi connectivity index (χ1n) is 15.2. The fraction of sp³-hybridized carbons (Fsp3) is 0.314. The van der Waals surface area contributed by atoms with E-state index < -0.39 is 5.54 Å². The van der Waals surface area contributed by atoms with E-state index in [9.17, 15) is 14.4 Å². The van der Waals surface area contributed by atoms with Gasteiger partial charge < -0.3 is 16.0 Å². The van der Waals surface area contributed by atoms with Crippen LogP contribution in [0, 0.1) is 0 Å². The normalized spacial score (nSPS) is 16.5. The molecule has 0 unspecified atom stereocenters. The Morgan fingerprint density at radius 3 is 2.33 bits per heavy atom. The molecule has 43 heavy (non-hydrogen) atoms. The molecule has 0 saturated heterocycles. The van der Waals surface area contributed by atoms with E-state index in [1.807, 2.05) is 48.5 Å². The topological polar surface area (TPSA) is 105 Å². The van der Waals surface area contributed by atoms with Crippen molar-refractivity contribution in [3.05, 3.63) is 95.7 Å². The Labute approximate surface area is 251 Å². The van der Waals surface area contributed by atoms with Crippen LogP contribution in [0.4, 0.5) is 5.69 Å². The van der Waals surface area contributed by atoms with Crippen LogP contribution in [0.1, 0.15) is 78.9 Å². The van der Waals surface area contributed by atoms with Gasteiger partial charge in [-0.1, -0.05) is 55.7 Å². The van der Waals surface area contributed by atoms with Gasteiger partial charge in [0.25, 0.3) is 5.91 Å². The zero-order valence-corrected chi connectivity index (χ0v) is 24.4. The number of anilines is 1. The second-order valence-electron chi connectivity index (χ2n) is 11.6. The van der Waals surface area contributed by atoms with Crippen LogP contribution in [0.25, 0.3) is 22.7 Å². The van der Waals surface area contributed by atoms with Gasteiger partial charge in [-0.3, -0.25) is 14.4 Å². The lowest BCUT2D eigenvalue weighted by atomic mass is 9.75. The van der Waals surface area contributed by atoms with Crippen LogP contribution in [-0.4, -0.2) is 40.1 Å². The van der Waals surface area contributed by atoms with E-state index in [1.165, 1.54) is 31.0 Å². The fourth-order valence-electron chi connectivity index (χ4n) is 6.19. The van der Waals surface area contributed by atoms with Crippen LogP contribution in [0.15, 0.2) is 78.9 Å². The van der Waals surface area contributed by atoms with Gasteiger partial charge in [-0.25, -0.2) is 4.68 Å². The molecule has 0 spiro atoms. The van der Waals surface area contributed by atoms with Crippen molar-refractivity contribution in [2.45, 2.75) is 62.8 Å². The van der Waals surface area contributed by atoms with Gasteiger partial charge in [0, 0.05) is 35.7 Å². The minimum absolute atomic E-state index is 0.187. The highest BCUT2D eigenvalue weighted by Crippen LogP contribution is 2.38. The summed E-state index contributed by atoms with van der Waals surface area (Å²) in [4.78, 5) is 38.4. The van der Waals surface area contributed by atoms with Gasteiger partial charge in [0.05, 0.1) is 16.9 Å². The maximum atomic E-state index is 13.5. The zero-order chi connectivity index (χ0) is 29.8. The molecule has 2 aliphatic carbocycles. The van der Waals surface area contributed by atoms with Crippen LogP contribution in [0.2, 0.25) is 0 Å². The number of benzene rings is 3. The summed E-state index contributed by atoms with van der Waals surface area (Å²) in [5, 5.41) is 14.6. The molecule has 1 heterocycles. The Kier molecular flexibility index (Phi) is 8.09. The van der Waals surface area contributed by atoms with Gasteiger partial charge in [0.15, 0.2) is 0 Å². The third-order valence-electron chi connectivity index (χ3n) is 8.80. The van der Waals surface area contributed by atoms with Gasteiger partial charge in [-0.2, -0.15) is 5.10 Å². The molecule has 0 bridgehead atoms. The first kappa shape index (κ1) is 28.4.